The molecule has 2 aromatic rings. The van der Waals surface area contributed by atoms with Crippen molar-refractivity contribution in [3.63, 3.8) is 0 Å². The molecule has 0 aliphatic rings. The number of ether oxygens (including phenoxy) is 1. The first-order valence-electron chi connectivity index (χ1n) is 6.26. The van der Waals surface area contributed by atoms with E-state index in [2.05, 4.69) is 10.3 Å². The van der Waals surface area contributed by atoms with E-state index in [4.69, 9.17) is 16.3 Å². The number of halogens is 1. The second kappa shape index (κ2) is 6.92. The second-order valence-electron chi connectivity index (χ2n) is 4.55. The number of aromatic nitrogens is 1. The van der Waals surface area contributed by atoms with Gasteiger partial charge in [-0.1, -0.05) is 35.1 Å². The van der Waals surface area contributed by atoms with Crippen LogP contribution in [0.5, 0.6) is 5.88 Å². The number of benzene rings is 1. The van der Waals surface area contributed by atoms with Crippen molar-refractivity contribution in [3.05, 3.63) is 39.7 Å². The number of methoxy groups -OCH3 is 1. The minimum Gasteiger partial charge on any atom is -0.480 e. The lowest BCUT2D eigenvalue weighted by Gasteiger charge is -2.05. The molecular weight excluding hydrogens is 294 g/mol. The molecule has 1 heterocycles. The highest BCUT2D eigenvalue weighted by atomic mass is 35.5. The first-order chi connectivity index (χ1) is 9.60. The molecule has 0 fully saturated rings. The van der Waals surface area contributed by atoms with E-state index >= 15 is 0 Å². The molecule has 20 heavy (non-hydrogen) atoms. The van der Waals surface area contributed by atoms with Crippen molar-refractivity contribution in [1.82, 2.24) is 10.3 Å². The van der Waals surface area contributed by atoms with Crippen LogP contribution >= 0.6 is 22.9 Å². The first kappa shape index (κ1) is 15.1. The van der Waals surface area contributed by atoms with Crippen LogP contribution in [0.1, 0.15) is 10.4 Å². The molecule has 0 amide bonds. The number of nitrogens with zero attached hydrogens (tertiary/aromatic N) is 2. The van der Waals surface area contributed by atoms with Crippen molar-refractivity contribution in [2.24, 2.45) is 0 Å². The molecule has 4 nitrogen and oxygen atoms in total. The highest BCUT2D eigenvalue weighted by molar-refractivity contribution is 7.15. The summed E-state index contributed by atoms with van der Waals surface area (Å²) in [5, 5.41) is 5.10. The largest absolute Gasteiger partial charge is 0.480 e. The lowest BCUT2D eigenvalue weighted by Crippen LogP contribution is -2.12. The Morgan fingerprint density at radius 3 is 2.55 bits per heavy atom. The fourth-order valence-corrected chi connectivity index (χ4v) is 2.76. The van der Waals surface area contributed by atoms with Crippen molar-refractivity contribution < 1.29 is 4.74 Å². The summed E-state index contributed by atoms with van der Waals surface area (Å²) in [4.78, 5) is 7.51. The fraction of sp³-hybridized carbons (Fsp3) is 0.357. The number of thiazole rings is 1. The van der Waals surface area contributed by atoms with Gasteiger partial charge in [0.2, 0.25) is 5.88 Å². The molecule has 6 heteroatoms. The Hall–Kier alpha value is -1.30. The van der Waals surface area contributed by atoms with Gasteiger partial charge >= 0.3 is 0 Å². The molecule has 0 saturated carbocycles. The SMILES string of the molecule is COc1nc(N(C)C)sc1CNCc1ccc(Cl)cc1. The topological polar surface area (TPSA) is 37.4 Å². The highest BCUT2D eigenvalue weighted by Gasteiger charge is 2.12. The molecule has 0 aliphatic carbocycles. The van der Waals surface area contributed by atoms with Crippen LogP contribution in [-0.2, 0) is 13.1 Å². The van der Waals surface area contributed by atoms with Crippen LogP contribution in [0.3, 0.4) is 0 Å². The summed E-state index contributed by atoms with van der Waals surface area (Å²) >= 11 is 7.50. The van der Waals surface area contributed by atoms with E-state index in [9.17, 15) is 0 Å². The smallest absolute Gasteiger partial charge is 0.230 e. The maximum atomic E-state index is 5.87. The standard InChI is InChI=1S/C14H18ClN3OS/c1-18(2)14-17-13(19-3)12(20-14)9-16-8-10-4-6-11(15)7-5-10/h4-7,16H,8-9H2,1-3H3. The van der Waals surface area contributed by atoms with E-state index in [0.29, 0.717) is 5.88 Å². The van der Waals surface area contributed by atoms with Crippen LogP contribution in [0.25, 0.3) is 0 Å². The Balaban J connectivity index is 1.95. The Morgan fingerprint density at radius 2 is 1.95 bits per heavy atom. The van der Waals surface area contributed by atoms with Gasteiger partial charge in [0.15, 0.2) is 5.13 Å². The van der Waals surface area contributed by atoms with Gasteiger partial charge in [0.1, 0.15) is 0 Å². The minimum atomic E-state index is 0.697. The second-order valence-corrected chi connectivity index (χ2v) is 6.05. The maximum absolute atomic E-state index is 5.87. The summed E-state index contributed by atoms with van der Waals surface area (Å²) in [6.45, 7) is 1.52. The lowest BCUT2D eigenvalue weighted by atomic mass is 10.2. The van der Waals surface area contributed by atoms with E-state index < -0.39 is 0 Å². The molecule has 1 aromatic carbocycles. The number of rotatable bonds is 6. The summed E-state index contributed by atoms with van der Waals surface area (Å²) in [7, 11) is 5.60. The van der Waals surface area contributed by atoms with Crippen molar-refractivity contribution in [1.29, 1.82) is 0 Å². The van der Waals surface area contributed by atoms with Gasteiger partial charge in [0.25, 0.3) is 0 Å². The average Bonchev–Trinajstić information content (AvgIpc) is 2.84. The molecule has 0 radical (unpaired) electrons. The van der Waals surface area contributed by atoms with Gasteiger partial charge in [-0.2, -0.15) is 4.98 Å². The Bertz CT molecular complexity index is 554. The van der Waals surface area contributed by atoms with Crippen LogP contribution in [-0.4, -0.2) is 26.2 Å². The molecule has 0 atom stereocenters. The summed E-state index contributed by atoms with van der Waals surface area (Å²) in [6.07, 6.45) is 0. The minimum absolute atomic E-state index is 0.697. The average molecular weight is 312 g/mol. The molecule has 0 unspecified atom stereocenters. The third-order valence-electron chi connectivity index (χ3n) is 2.75. The van der Waals surface area contributed by atoms with E-state index in [1.807, 2.05) is 43.3 Å². The molecule has 0 spiro atoms. The maximum Gasteiger partial charge on any atom is 0.230 e. The van der Waals surface area contributed by atoms with E-state index in [1.54, 1.807) is 18.4 Å². The zero-order valence-electron chi connectivity index (χ0n) is 11.8. The normalized spacial score (nSPS) is 10.6. The number of anilines is 1. The van der Waals surface area contributed by atoms with Gasteiger partial charge in [0.05, 0.1) is 12.0 Å². The number of nitrogens with one attached hydrogen (secondary N) is 1. The molecule has 0 saturated heterocycles. The Morgan fingerprint density at radius 1 is 1.25 bits per heavy atom. The molecule has 0 aliphatic heterocycles. The molecule has 108 valence electrons. The van der Waals surface area contributed by atoms with Crippen LogP contribution in [0.4, 0.5) is 5.13 Å². The van der Waals surface area contributed by atoms with Gasteiger partial charge in [0, 0.05) is 32.2 Å². The van der Waals surface area contributed by atoms with Gasteiger partial charge in [-0.15, -0.1) is 0 Å². The van der Waals surface area contributed by atoms with Gasteiger partial charge < -0.3 is 15.0 Å². The quantitative estimate of drug-likeness (QED) is 0.889. The van der Waals surface area contributed by atoms with Crippen molar-refractivity contribution in [2.45, 2.75) is 13.1 Å². The zero-order chi connectivity index (χ0) is 14.5. The molecule has 1 N–H and O–H groups in total. The highest BCUT2D eigenvalue weighted by Crippen LogP contribution is 2.30. The lowest BCUT2D eigenvalue weighted by molar-refractivity contribution is 0.394. The van der Waals surface area contributed by atoms with Gasteiger partial charge in [-0.05, 0) is 17.7 Å². The summed E-state index contributed by atoms with van der Waals surface area (Å²) in [5.41, 5.74) is 1.20. The van der Waals surface area contributed by atoms with Crippen LogP contribution in [0, 0.1) is 0 Å². The third-order valence-corrected chi connectivity index (χ3v) is 4.21. The predicted molar refractivity (Wildman–Crippen MR) is 85.0 cm³/mol. The van der Waals surface area contributed by atoms with E-state index in [-0.39, 0.29) is 0 Å². The molecule has 1 aromatic heterocycles. The van der Waals surface area contributed by atoms with Crippen molar-refractivity contribution >= 4 is 28.1 Å². The first-order valence-corrected chi connectivity index (χ1v) is 7.45. The number of hydrogen-bond acceptors (Lipinski definition) is 5. The van der Waals surface area contributed by atoms with Crippen LogP contribution in [0.15, 0.2) is 24.3 Å². The van der Waals surface area contributed by atoms with Gasteiger partial charge in [-0.3, -0.25) is 0 Å². The zero-order valence-corrected chi connectivity index (χ0v) is 13.4. The van der Waals surface area contributed by atoms with Crippen LogP contribution in [0.2, 0.25) is 5.02 Å². The van der Waals surface area contributed by atoms with Crippen molar-refractivity contribution in [2.75, 3.05) is 26.1 Å². The molecular formula is C14H18ClN3OS. The Kier molecular flexibility index (Phi) is 5.23. The number of hydrogen-bond donors (Lipinski definition) is 1. The Labute approximate surface area is 128 Å². The monoisotopic (exact) mass is 311 g/mol. The van der Waals surface area contributed by atoms with Gasteiger partial charge in [-0.25, -0.2) is 0 Å². The third kappa shape index (κ3) is 3.85. The van der Waals surface area contributed by atoms with Crippen LogP contribution < -0.4 is 15.0 Å². The summed E-state index contributed by atoms with van der Waals surface area (Å²) < 4.78 is 5.31. The molecule has 2 rings (SSSR count). The summed E-state index contributed by atoms with van der Waals surface area (Å²) in [6, 6.07) is 7.83. The predicted octanol–water partition coefficient (Wildman–Crippen LogP) is 3.16. The van der Waals surface area contributed by atoms with E-state index in [1.165, 1.54) is 5.56 Å². The summed E-state index contributed by atoms with van der Waals surface area (Å²) in [5.74, 6) is 0.697. The molecule has 0 bridgehead atoms. The van der Waals surface area contributed by atoms with Crippen molar-refractivity contribution in [3.8, 4) is 5.88 Å². The fourth-order valence-electron chi connectivity index (χ4n) is 1.71. The van der Waals surface area contributed by atoms with E-state index in [0.717, 1.165) is 28.1 Å².